The van der Waals surface area contributed by atoms with Gasteiger partial charge in [0.05, 0.1) is 0 Å². The van der Waals surface area contributed by atoms with Crippen LogP contribution in [0.5, 0.6) is 0 Å². The summed E-state index contributed by atoms with van der Waals surface area (Å²) in [6, 6.07) is 8.33. The summed E-state index contributed by atoms with van der Waals surface area (Å²) in [6.45, 7) is 0. The SMILES string of the molecule is C1=CCC/C=C\CC1.Cn1[c](=[Rh][Cl])n(C)c2ccccc21. The Labute approximate surface area is 137 Å². The molecule has 3 rings (SSSR count). The molecular formula is C17H22ClN2Rh. The number of fused-ring (bicyclic) bond motifs is 1. The molecule has 2 aromatic rings. The molecule has 0 radical (unpaired) electrons. The summed E-state index contributed by atoms with van der Waals surface area (Å²) in [7, 11) is 10.1. The van der Waals surface area contributed by atoms with Gasteiger partial charge in [-0.25, -0.2) is 0 Å². The molecule has 21 heavy (non-hydrogen) atoms. The van der Waals surface area contributed by atoms with E-state index in [-0.39, 0.29) is 15.7 Å². The van der Waals surface area contributed by atoms with Crippen LogP contribution in [0, 0.1) is 4.01 Å². The van der Waals surface area contributed by atoms with E-state index in [1.807, 2.05) is 12.1 Å². The van der Waals surface area contributed by atoms with Gasteiger partial charge in [-0.05, 0) is 25.7 Å². The first-order valence-corrected chi connectivity index (χ1v) is 10.1. The molecule has 1 aromatic carbocycles. The third-order valence-corrected chi connectivity index (χ3v) is 5.56. The molecule has 0 saturated heterocycles. The van der Waals surface area contributed by atoms with Crippen LogP contribution in [-0.2, 0) is 29.8 Å². The van der Waals surface area contributed by atoms with Crippen molar-refractivity contribution >= 4 is 20.7 Å². The van der Waals surface area contributed by atoms with Gasteiger partial charge in [-0.15, -0.1) is 0 Å². The van der Waals surface area contributed by atoms with Crippen molar-refractivity contribution in [3.63, 3.8) is 0 Å². The maximum absolute atomic E-state index is 5.94. The number of rotatable bonds is 0. The fourth-order valence-corrected chi connectivity index (χ4v) is 4.20. The zero-order valence-electron chi connectivity index (χ0n) is 12.6. The molecule has 116 valence electrons. The molecule has 0 saturated carbocycles. The standard InChI is InChI=1S/C9H10N2.C8H12.ClH.Rh/c1-10-7-11(2)9-6-4-3-5-8(9)10;1-2-4-6-8-7-5-3-1;;/h3-6H,1-2H3;1-2,7-8H,3-6H2;1H;/q;;;+1/p-1/b;2-1-,8-7?;;. The van der Waals surface area contributed by atoms with Crippen LogP contribution in [0.1, 0.15) is 25.7 Å². The van der Waals surface area contributed by atoms with Crippen LogP contribution < -0.4 is 0 Å². The molecule has 0 amide bonds. The summed E-state index contributed by atoms with van der Waals surface area (Å²) in [5.41, 5.74) is 2.48. The third kappa shape index (κ3) is 4.28. The molecule has 1 heterocycles. The van der Waals surface area contributed by atoms with Crippen molar-refractivity contribution in [2.24, 2.45) is 14.1 Å². The Hall–Kier alpha value is -0.917. The van der Waals surface area contributed by atoms with Crippen LogP contribution in [-0.4, -0.2) is 9.13 Å². The Morgan fingerprint density at radius 1 is 0.810 bits per heavy atom. The van der Waals surface area contributed by atoms with Crippen LogP contribution in [0.25, 0.3) is 11.0 Å². The Kier molecular flexibility index (Phi) is 6.67. The first kappa shape index (κ1) is 16.5. The van der Waals surface area contributed by atoms with Crippen LogP contribution in [0.4, 0.5) is 0 Å². The normalized spacial score (nSPS) is 16.1. The molecule has 0 spiro atoms. The van der Waals surface area contributed by atoms with Gasteiger partial charge in [0, 0.05) is 0 Å². The second kappa shape index (κ2) is 8.51. The molecule has 2 nitrogen and oxygen atoms in total. The number of aromatic nitrogens is 2. The maximum atomic E-state index is 5.94. The van der Waals surface area contributed by atoms with E-state index in [2.05, 4.69) is 59.7 Å². The van der Waals surface area contributed by atoms with E-state index in [4.69, 9.17) is 9.69 Å². The number of halogens is 1. The number of hydrogen-bond donors (Lipinski definition) is 0. The summed E-state index contributed by atoms with van der Waals surface area (Å²) >= 11 is -0.0468. The average Bonchev–Trinajstić information content (AvgIpc) is 2.71. The molecule has 0 aliphatic heterocycles. The van der Waals surface area contributed by atoms with Gasteiger partial charge in [0.15, 0.2) is 0 Å². The van der Waals surface area contributed by atoms with Gasteiger partial charge in [0.2, 0.25) is 0 Å². The fraction of sp³-hybridized carbons (Fsp3) is 0.353. The van der Waals surface area contributed by atoms with E-state index >= 15 is 0 Å². The average molecular weight is 393 g/mol. The number of imidazole rings is 1. The van der Waals surface area contributed by atoms with Crippen molar-refractivity contribution in [1.29, 1.82) is 0 Å². The minimum atomic E-state index is -0.0468. The van der Waals surface area contributed by atoms with E-state index in [1.165, 1.54) is 40.7 Å². The van der Waals surface area contributed by atoms with Crippen molar-refractivity contribution in [3.8, 4) is 0 Å². The Morgan fingerprint density at radius 2 is 1.19 bits per heavy atom. The van der Waals surface area contributed by atoms with E-state index < -0.39 is 0 Å². The molecule has 4 heteroatoms. The van der Waals surface area contributed by atoms with Gasteiger partial charge >= 0.3 is 87.9 Å². The number of nitrogens with zero attached hydrogens (tertiary/aromatic N) is 2. The van der Waals surface area contributed by atoms with Crippen LogP contribution >= 0.6 is 9.69 Å². The summed E-state index contributed by atoms with van der Waals surface area (Å²) in [5.74, 6) is 0. The molecular weight excluding hydrogens is 371 g/mol. The molecule has 0 unspecified atom stereocenters. The zero-order valence-corrected chi connectivity index (χ0v) is 14.9. The summed E-state index contributed by atoms with van der Waals surface area (Å²) < 4.78 is 5.51. The van der Waals surface area contributed by atoms with Crippen molar-refractivity contribution in [3.05, 3.63) is 52.6 Å². The summed E-state index contributed by atoms with van der Waals surface area (Å²) in [5, 5.41) is 0. The van der Waals surface area contributed by atoms with Gasteiger partial charge in [0.25, 0.3) is 0 Å². The minimum absolute atomic E-state index is 0.0468. The molecule has 0 bridgehead atoms. The molecule has 1 aromatic heterocycles. The molecule has 0 fully saturated rings. The van der Waals surface area contributed by atoms with E-state index in [0.717, 1.165) is 0 Å². The third-order valence-electron chi connectivity index (χ3n) is 3.52. The summed E-state index contributed by atoms with van der Waals surface area (Å²) in [6.07, 6.45) is 14.0. The predicted octanol–water partition coefficient (Wildman–Crippen LogP) is 4.96. The van der Waals surface area contributed by atoms with E-state index in [1.54, 1.807) is 0 Å². The number of para-hydroxylation sites is 2. The molecule has 1 aliphatic rings. The van der Waals surface area contributed by atoms with E-state index in [9.17, 15) is 0 Å². The summed E-state index contributed by atoms with van der Waals surface area (Å²) in [4.78, 5) is 0. The molecule has 1 aliphatic carbocycles. The van der Waals surface area contributed by atoms with Crippen molar-refractivity contribution in [2.75, 3.05) is 0 Å². The van der Waals surface area contributed by atoms with Crippen LogP contribution in [0.2, 0.25) is 0 Å². The van der Waals surface area contributed by atoms with Gasteiger partial charge < -0.3 is 0 Å². The van der Waals surface area contributed by atoms with Crippen molar-refractivity contribution < 1.29 is 15.7 Å². The predicted molar refractivity (Wildman–Crippen MR) is 87.7 cm³/mol. The van der Waals surface area contributed by atoms with Gasteiger partial charge in [0.1, 0.15) is 0 Å². The Morgan fingerprint density at radius 3 is 1.52 bits per heavy atom. The quantitative estimate of drug-likeness (QED) is 0.443. The van der Waals surface area contributed by atoms with Gasteiger partial charge in [-0.1, -0.05) is 24.3 Å². The van der Waals surface area contributed by atoms with Gasteiger partial charge in [-0.3, -0.25) is 0 Å². The molecule has 0 atom stereocenters. The van der Waals surface area contributed by atoms with E-state index in [0.29, 0.717) is 0 Å². The topological polar surface area (TPSA) is 9.86 Å². The molecule has 0 N–H and O–H groups in total. The first-order valence-electron chi connectivity index (χ1n) is 7.21. The Balaban J connectivity index is 0.000000173. The fourth-order valence-electron chi connectivity index (χ4n) is 2.39. The Bertz CT molecular complexity index is 639. The van der Waals surface area contributed by atoms with Gasteiger partial charge in [-0.2, -0.15) is 0 Å². The monoisotopic (exact) mass is 392 g/mol. The second-order valence-corrected chi connectivity index (χ2v) is 6.80. The number of hydrogen-bond acceptors (Lipinski definition) is 0. The van der Waals surface area contributed by atoms with Crippen LogP contribution in [0.3, 0.4) is 0 Å². The van der Waals surface area contributed by atoms with Crippen molar-refractivity contribution in [2.45, 2.75) is 25.7 Å². The van der Waals surface area contributed by atoms with Crippen molar-refractivity contribution in [1.82, 2.24) is 9.13 Å². The number of allylic oxidation sites excluding steroid dienone is 4. The number of benzene rings is 1. The zero-order chi connectivity index (χ0) is 15.1. The first-order chi connectivity index (χ1) is 10.3. The second-order valence-electron chi connectivity index (χ2n) is 5.02. The number of aryl methyl sites for hydroxylation is 2. The van der Waals surface area contributed by atoms with Crippen LogP contribution in [0.15, 0.2) is 48.6 Å².